The highest BCUT2D eigenvalue weighted by Crippen LogP contribution is 2.30. The molecule has 2 aromatic rings. The molecule has 2 rings (SSSR count). The van der Waals surface area contributed by atoms with Gasteiger partial charge in [-0.15, -0.1) is 0 Å². The molecule has 0 amide bonds. The number of aromatic nitrogens is 1. The highest BCUT2D eigenvalue weighted by atomic mass is 79.9. The lowest BCUT2D eigenvalue weighted by molar-refractivity contribution is 0.795. The number of benzene rings is 1. The van der Waals surface area contributed by atoms with Gasteiger partial charge in [0.15, 0.2) is 0 Å². The molecule has 1 atom stereocenters. The van der Waals surface area contributed by atoms with E-state index in [1.165, 1.54) is 22.2 Å². The zero-order valence-corrected chi connectivity index (χ0v) is 10.8. The third kappa shape index (κ3) is 1.60. The molecule has 1 aromatic carbocycles. The summed E-state index contributed by atoms with van der Waals surface area (Å²) >= 11 is 3.50. The molecule has 0 aliphatic rings. The van der Waals surface area contributed by atoms with Crippen LogP contribution in [-0.2, 0) is 7.05 Å². The summed E-state index contributed by atoms with van der Waals surface area (Å²) in [6.07, 6.45) is 0. The Morgan fingerprint density at radius 2 is 2.07 bits per heavy atom. The quantitative estimate of drug-likeness (QED) is 0.844. The van der Waals surface area contributed by atoms with Gasteiger partial charge in [-0.25, -0.2) is 0 Å². The minimum Gasteiger partial charge on any atom is -0.348 e. The molecular formula is C12H15BrN2. The monoisotopic (exact) mass is 266 g/mol. The van der Waals surface area contributed by atoms with Crippen LogP contribution in [0.15, 0.2) is 22.7 Å². The summed E-state index contributed by atoms with van der Waals surface area (Å²) in [5.41, 5.74) is 9.75. The summed E-state index contributed by atoms with van der Waals surface area (Å²) in [5.74, 6) is 0. The predicted molar refractivity (Wildman–Crippen MR) is 68.0 cm³/mol. The molecule has 0 bridgehead atoms. The van der Waals surface area contributed by atoms with Crippen molar-refractivity contribution in [1.82, 2.24) is 4.57 Å². The molecule has 1 aromatic heterocycles. The van der Waals surface area contributed by atoms with E-state index in [1.54, 1.807) is 0 Å². The van der Waals surface area contributed by atoms with Crippen LogP contribution in [0.1, 0.15) is 24.2 Å². The zero-order chi connectivity index (χ0) is 11.2. The summed E-state index contributed by atoms with van der Waals surface area (Å²) in [5, 5.41) is 1.25. The minimum absolute atomic E-state index is 0.0722. The topological polar surface area (TPSA) is 30.9 Å². The fraction of sp³-hybridized carbons (Fsp3) is 0.333. The molecule has 2 N–H and O–H groups in total. The molecule has 0 aliphatic heterocycles. The molecule has 1 unspecified atom stereocenters. The Kier molecular flexibility index (Phi) is 2.61. The second-order valence-electron chi connectivity index (χ2n) is 4.01. The number of aryl methyl sites for hydroxylation is 1. The summed E-state index contributed by atoms with van der Waals surface area (Å²) in [4.78, 5) is 0. The molecule has 0 saturated carbocycles. The first kappa shape index (κ1) is 10.7. The predicted octanol–water partition coefficient (Wildman–Crippen LogP) is 3.27. The van der Waals surface area contributed by atoms with Gasteiger partial charge < -0.3 is 10.3 Å². The van der Waals surface area contributed by atoms with Crippen LogP contribution < -0.4 is 5.73 Å². The van der Waals surface area contributed by atoms with E-state index < -0.39 is 0 Å². The number of hydrogen-bond acceptors (Lipinski definition) is 1. The van der Waals surface area contributed by atoms with Crippen molar-refractivity contribution in [1.29, 1.82) is 0 Å². The largest absolute Gasteiger partial charge is 0.348 e. The third-order valence-corrected chi connectivity index (χ3v) is 3.45. The maximum atomic E-state index is 6.02. The van der Waals surface area contributed by atoms with Crippen molar-refractivity contribution in [2.24, 2.45) is 12.8 Å². The molecule has 1 heterocycles. The van der Waals surface area contributed by atoms with Gasteiger partial charge in [0.25, 0.3) is 0 Å². The third-order valence-electron chi connectivity index (χ3n) is 2.96. The average Bonchev–Trinajstić information content (AvgIpc) is 2.39. The summed E-state index contributed by atoms with van der Waals surface area (Å²) in [6.45, 7) is 4.15. The second-order valence-corrected chi connectivity index (χ2v) is 4.92. The fourth-order valence-electron chi connectivity index (χ4n) is 2.15. The zero-order valence-electron chi connectivity index (χ0n) is 9.21. The van der Waals surface area contributed by atoms with Gasteiger partial charge in [-0.3, -0.25) is 0 Å². The van der Waals surface area contributed by atoms with E-state index in [2.05, 4.69) is 52.7 Å². The fourth-order valence-corrected chi connectivity index (χ4v) is 2.51. The maximum Gasteiger partial charge on any atom is 0.0484 e. The Bertz CT molecular complexity index is 512. The van der Waals surface area contributed by atoms with Crippen LogP contribution in [0.5, 0.6) is 0 Å². The molecule has 0 radical (unpaired) electrons. The lowest BCUT2D eigenvalue weighted by atomic mass is 10.1. The van der Waals surface area contributed by atoms with E-state index in [0.29, 0.717) is 0 Å². The Morgan fingerprint density at radius 1 is 1.40 bits per heavy atom. The molecule has 0 aliphatic carbocycles. The van der Waals surface area contributed by atoms with E-state index in [1.807, 2.05) is 6.92 Å². The number of fused-ring (bicyclic) bond motifs is 1. The van der Waals surface area contributed by atoms with Crippen molar-refractivity contribution in [3.63, 3.8) is 0 Å². The van der Waals surface area contributed by atoms with Gasteiger partial charge >= 0.3 is 0 Å². The van der Waals surface area contributed by atoms with Crippen LogP contribution in [0.3, 0.4) is 0 Å². The lowest BCUT2D eigenvalue weighted by Crippen LogP contribution is -2.06. The van der Waals surface area contributed by atoms with Crippen molar-refractivity contribution in [2.75, 3.05) is 0 Å². The smallest absolute Gasteiger partial charge is 0.0484 e. The van der Waals surface area contributed by atoms with E-state index in [-0.39, 0.29) is 6.04 Å². The molecule has 15 heavy (non-hydrogen) atoms. The first-order chi connectivity index (χ1) is 7.02. The van der Waals surface area contributed by atoms with Gasteiger partial charge in [-0.05, 0) is 37.6 Å². The van der Waals surface area contributed by atoms with Crippen LogP contribution in [-0.4, -0.2) is 4.57 Å². The first-order valence-electron chi connectivity index (χ1n) is 5.02. The molecule has 2 nitrogen and oxygen atoms in total. The normalized spacial score (nSPS) is 13.4. The number of hydrogen-bond donors (Lipinski definition) is 1. The van der Waals surface area contributed by atoms with Crippen LogP contribution >= 0.6 is 15.9 Å². The number of nitrogens with zero attached hydrogens (tertiary/aromatic N) is 1. The Hall–Kier alpha value is -0.800. The van der Waals surface area contributed by atoms with E-state index in [4.69, 9.17) is 5.73 Å². The highest BCUT2D eigenvalue weighted by Gasteiger charge is 2.14. The van der Waals surface area contributed by atoms with E-state index in [0.717, 1.165) is 4.47 Å². The Morgan fingerprint density at radius 3 is 2.67 bits per heavy atom. The van der Waals surface area contributed by atoms with Gasteiger partial charge in [0.2, 0.25) is 0 Å². The van der Waals surface area contributed by atoms with Crippen LogP contribution in [0.2, 0.25) is 0 Å². The summed E-state index contributed by atoms with van der Waals surface area (Å²) < 4.78 is 3.29. The summed E-state index contributed by atoms with van der Waals surface area (Å²) in [7, 11) is 2.08. The molecular weight excluding hydrogens is 252 g/mol. The van der Waals surface area contributed by atoms with E-state index in [9.17, 15) is 0 Å². The van der Waals surface area contributed by atoms with Gasteiger partial charge in [-0.2, -0.15) is 0 Å². The van der Waals surface area contributed by atoms with E-state index >= 15 is 0 Å². The molecule has 3 heteroatoms. The van der Waals surface area contributed by atoms with Crippen LogP contribution in [0, 0.1) is 6.92 Å². The standard InChI is InChI=1S/C12H15BrN2/c1-7(14)12-8(2)15(3)11-5-4-9(13)6-10(11)12/h4-7H,14H2,1-3H3. The maximum absolute atomic E-state index is 6.02. The number of rotatable bonds is 1. The molecule has 0 fully saturated rings. The second kappa shape index (κ2) is 3.65. The van der Waals surface area contributed by atoms with Gasteiger partial charge in [-0.1, -0.05) is 15.9 Å². The summed E-state index contributed by atoms with van der Waals surface area (Å²) in [6, 6.07) is 6.40. The van der Waals surface area contributed by atoms with Gasteiger partial charge in [0, 0.05) is 34.2 Å². The Labute approximate surface area is 98.2 Å². The Balaban J connectivity index is 2.88. The van der Waals surface area contributed by atoms with Crippen LogP contribution in [0.25, 0.3) is 10.9 Å². The van der Waals surface area contributed by atoms with Gasteiger partial charge in [0.05, 0.1) is 0 Å². The minimum atomic E-state index is 0.0722. The van der Waals surface area contributed by atoms with Crippen LogP contribution in [0.4, 0.5) is 0 Å². The number of nitrogens with two attached hydrogens (primary N) is 1. The first-order valence-corrected chi connectivity index (χ1v) is 5.81. The van der Waals surface area contributed by atoms with Crippen molar-refractivity contribution >= 4 is 26.8 Å². The SMILES string of the molecule is Cc1c(C(C)N)c2cc(Br)ccc2n1C. The highest BCUT2D eigenvalue weighted by molar-refractivity contribution is 9.10. The molecule has 0 spiro atoms. The van der Waals surface area contributed by atoms with Gasteiger partial charge in [0.1, 0.15) is 0 Å². The van der Waals surface area contributed by atoms with Crippen molar-refractivity contribution < 1.29 is 0 Å². The van der Waals surface area contributed by atoms with Crippen molar-refractivity contribution in [3.05, 3.63) is 33.9 Å². The average molecular weight is 267 g/mol. The van der Waals surface area contributed by atoms with Crippen molar-refractivity contribution in [3.8, 4) is 0 Å². The van der Waals surface area contributed by atoms with Crippen molar-refractivity contribution in [2.45, 2.75) is 19.9 Å². The molecule has 0 saturated heterocycles. The number of halogens is 1. The lowest BCUT2D eigenvalue weighted by Gasteiger charge is -2.05. The molecule has 80 valence electrons.